The molecule has 0 saturated heterocycles. The summed E-state index contributed by atoms with van der Waals surface area (Å²) in [5, 5.41) is 20.3. The third-order valence-electron chi connectivity index (χ3n) is 2.81. The van der Waals surface area contributed by atoms with Crippen LogP contribution in [-0.4, -0.2) is 22.2 Å². The van der Waals surface area contributed by atoms with Crippen LogP contribution in [0.15, 0.2) is 18.2 Å². The van der Waals surface area contributed by atoms with Gasteiger partial charge in [-0.3, -0.25) is 10.1 Å². The summed E-state index contributed by atoms with van der Waals surface area (Å²) >= 11 is 0. The lowest BCUT2D eigenvalue weighted by atomic mass is 10.2. The number of nitrogens with zero attached hydrogens (tertiary/aromatic N) is 1. The highest BCUT2D eigenvalue weighted by molar-refractivity contribution is 5.46. The maximum Gasteiger partial charge on any atom is 0.311 e. The number of benzene rings is 1. The van der Waals surface area contributed by atoms with E-state index in [0.717, 1.165) is 24.6 Å². The number of nitro benzene ring substituents is 1. The highest BCUT2D eigenvalue weighted by Gasteiger charge is 2.29. The lowest BCUT2D eigenvalue weighted by Gasteiger charge is -2.16. The summed E-state index contributed by atoms with van der Waals surface area (Å²) in [6, 6.07) is 3.05. The molecule has 0 heterocycles. The molecular weight excluding hydrogens is 229 g/mol. The molecule has 1 aliphatic carbocycles. The quantitative estimate of drug-likeness (QED) is 0.649. The second-order valence-corrected chi connectivity index (χ2v) is 4.02. The van der Waals surface area contributed by atoms with Gasteiger partial charge in [-0.2, -0.15) is 0 Å². The molecule has 1 N–H and O–H groups in total. The van der Waals surface area contributed by atoms with Crippen LogP contribution in [0.1, 0.15) is 19.3 Å². The van der Waals surface area contributed by atoms with Crippen molar-refractivity contribution in [1.82, 2.24) is 0 Å². The molecule has 17 heavy (non-hydrogen) atoms. The van der Waals surface area contributed by atoms with Gasteiger partial charge in [0, 0.05) is 12.1 Å². The lowest BCUT2D eigenvalue weighted by molar-refractivity contribution is -0.386. The molecule has 6 heteroatoms. The van der Waals surface area contributed by atoms with Gasteiger partial charge in [-0.1, -0.05) is 0 Å². The molecule has 0 amide bonds. The second kappa shape index (κ2) is 4.67. The second-order valence-electron chi connectivity index (χ2n) is 4.02. The van der Waals surface area contributed by atoms with Crippen molar-refractivity contribution >= 4 is 5.69 Å². The molecule has 0 radical (unpaired) electrons. The fourth-order valence-corrected chi connectivity index (χ4v) is 1.94. The Hall–Kier alpha value is -1.69. The van der Waals surface area contributed by atoms with Crippen LogP contribution in [-0.2, 0) is 0 Å². The van der Waals surface area contributed by atoms with Gasteiger partial charge in [-0.05, 0) is 25.3 Å². The third kappa shape index (κ3) is 2.52. The fourth-order valence-electron chi connectivity index (χ4n) is 1.94. The monoisotopic (exact) mass is 241 g/mol. The van der Waals surface area contributed by atoms with Crippen molar-refractivity contribution < 1.29 is 19.2 Å². The summed E-state index contributed by atoms with van der Waals surface area (Å²) in [7, 11) is 0. The van der Waals surface area contributed by atoms with Crippen LogP contribution in [0.2, 0.25) is 0 Å². The Balaban J connectivity index is 2.24. The van der Waals surface area contributed by atoms with Crippen molar-refractivity contribution in [1.29, 1.82) is 0 Å². The Morgan fingerprint density at radius 3 is 2.82 bits per heavy atom. The highest BCUT2D eigenvalue weighted by Crippen LogP contribution is 2.32. The van der Waals surface area contributed by atoms with Crippen LogP contribution in [0.3, 0.4) is 0 Å². The van der Waals surface area contributed by atoms with Gasteiger partial charge in [0.15, 0.2) is 5.75 Å². The van der Waals surface area contributed by atoms with Crippen molar-refractivity contribution in [2.75, 3.05) is 0 Å². The van der Waals surface area contributed by atoms with Crippen molar-refractivity contribution in [3.05, 3.63) is 34.1 Å². The molecule has 1 fully saturated rings. The molecule has 1 saturated carbocycles. The van der Waals surface area contributed by atoms with Crippen LogP contribution in [0.5, 0.6) is 5.75 Å². The van der Waals surface area contributed by atoms with Crippen LogP contribution in [0.4, 0.5) is 10.1 Å². The van der Waals surface area contributed by atoms with E-state index in [1.54, 1.807) is 0 Å². The van der Waals surface area contributed by atoms with Crippen molar-refractivity contribution in [3.8, 4) is 5.75 Å². The molecule has 0 aliphatic heterocycles. The fraction of sp³-hybridized carbons (Fsp3) is 0.455. The summed E-state index contributed by atoms with van der Waals surface area (Å²) < 4.78 is 18.3. The van der Waals surface area contributed by atoms with E-state index in [1.807, 2.05) is 0 Å². The van der Waals surface area contributed by atoms with Gasteiger partial charge in [-0.25, -0.2) is 4.39 Å². The highest BCUT2D eigenvalue weighted by atomic mass is 19.1. The van der Waals surface area contributed by atoms with E-state index in [2.05, 4.69) is 0 Å². The zero-order chi connectivity index (χ0) is 12.4. The third-order valence-corrected chi connectivity index (χ3v) is 2.81. The maximum atomic E-state index is 13.0. The SMILES string of the molecule is O=[N+]([O-])c1ccc(F)cc1O[C@@H]1CCC[C@H]1O. The zero-order valence-electron chi connectivity index (χ0n) is 9.01. The Labute approximate surface area is 97.0 Å². The van der Waals surface area contributed by atoms with E-state index in [0.29, 0.717) is 12.8 Å². The Kier molecular flexibility index (Phi) is 3.23. The number of hydrogen-bond acceptors (Lipinski definition) is 4. The van der Waals surface area contributed by atoms with Crippen molar-refractivity contribution in [3.63, 3.8) is 0 Å². The molecule has 1 aromatic carbocycles. The molecule has 1 aliphatic rings. The summed E-state index contributed by atoms with van der Waals surface area (Å²) in [6.45, 7) is 0. The first kappa shape index (κ1) is 11.8. The molecule has 5 nitrogen and oxygen atoms in total. The van der Waals surface area contributed by atoms with E-state index in [1.165, 1.54) is 0 Å². The summed E-state index contributed by atoms with van der Waals surface area (Å²) in [5.41, 5.74) is -0.287. The summed E-state index contributed by atoms with van der Waals surface area (Å²) in [5.74, 6) is -0.723. The molecular formula is C11H12FNO4. The van der Waals surface area contributed by atoms with E-state index < -0.39 is 22.9 Å². The first-order valence-electron chi connectivity index (χ1n) is 5.36. The van der Waals surface area contributed by atoms with E-state index in [-0.39, 0.29) is 11.4 Å². The first-order valence-corrected chi connectivity index (χ1v) is 5.36. The summed E-state index contributed by atoms with van der Waals surface area (Å²) in [4.78, 5) is 10.1. The molecule has 0 aromatic heterocycles. The van der Waals surface area contributed by atoms with Crippen LogP contribution >= 0.6 is 0 Å². The first-order chi connectivity index (χ1) is 8.08. The number of aliphatic hydroxyl groups is 1. The zero-order valence-corrected chi connectivity index (χ0v) is 9.01. The van der Waals surface area contributed by atoms with Gasteiger partial charge in [0.05, 0.1) is 11.0 Å². The Morgan fingerprint density at radius 2 is 2.24 bits per heavy atom. The largest absolute Gasteiger partial charge is 0.481 e. The molecule has 1 aromatic rings. The minimum Gasteiger partial charge on any atom is -0.481 e. The molecule has 0 unspecified atom stereocenters. The number of ether oxygens (including phenoxy) is 1. The minimum absolute atomic E-state index is 0.124. The standard InChI is InChI=1S/C11H12FNO4/c12-7-4-5-8(13(15)16)11(6-7)17-10-3-1-2-9(10)14/h4-6,9-10,14H,1-3H2/t9-,10-/m1/s1. The average molecular weight is 241 g/mol. The molecule has 2 rings (SSSR count). The average Bonchev–Trinajstić information content (AvgIpc) is 2.64. The molecule has 0 bridgehead atoms. The van der Waals surface area contributed by atoms with E-state index >= 15 is 0 Å². The van der Waals surface area contributed by atoms with Crippen molar-refractivity contribution in [2.45, 2.75) is 31.5 Å². The van der Waals surface area contributed by atoms with Gasteiger partial charge in [0.1, 0.15) is 11.9 Å². The number of halogens is 1. The smallest absolute Gasteiger partial charge is 0.311 e. The topological polar surface area (TPSA) is 72.6 Å². The van der Waals surface area contributed by atoms with Crippen LogP contribution < -0.4 is 4.74 Å². The predicted octanol–water partition coefficient (Wildman–Crippen LogP) is 2.03. The minimum atomic E-state index is -0.641. The predicted molar refractivity (Wildman–Crippen MR) is 57.3 cm³/mol. The number of hydrogen-bond donors (Lipinski definition) is 1. The molecule has 0 spiro atoms. The van der Waals surface area contributed by atoms with Crippen LogP contribution in [0, 0.1) is 15.9 Å². The molecule has 2 atom stereocenters. The van der Waals surface area contributed by atoms with Gasteiger partial charge >= 0.3 is 5.69 Å². The Morgan fingerprint density at radius 1 is 1.47 bits per heavy atom. The van der Waals surface area contributed by atoms with Gasteiger partial charge < -0.3 is 9.84 Å². The summed E-state index contributed by atoms with van der Waals surface area (Å²) in [6.07, 6.45) is 0.894. The maximum absolute atomic E-state index is 13.0. The van der Waals surface area contributed by atoms with Gasteiger partial charge in [0.25, 0.3) is 0 Å². The molecule has 92 valence electrons. The Bertz CT molecular complexity index is 437. The number of aliphatic hydroxyl groups excluding tert-OH is 1. The normalized spacial score (nSPS) is 23.6. The lowest BCUT2D eigenvalue weighted by Crippen LogP contribution is -2.25. The van der Waals surface area contributed by atoms with Crippen molar-refractivity contribution in [2.24, 2.45) is 0 Å². The van der Waals surface area contributed by atoms with E-state index in [9.17, 15) is 19.6 Å². The van der Waals surface area contributed by atoms with Gasteiger partial charge in [-0.15, -0.1) is 0 Å². The van der Waals surface area contributed by atoms with Gasteiger partial charge in [0.2, 0.25) is 0 Å². The number of nitro groups is 1. The number of rotatable bonds is 3. The van der Waals surface area contributed by atoms with Crippen LogP contribution in [0.25, 0.3) is 0 Å². The van der Waals surface area contributed by atoms with E-state index in [4.69, 9.17) is 4.74 Å².